The van der Waals surface area contributed by atoms with Crippen molar-refractivity contribution in [3.05, 3.63) is 29.3 Å². The van der Waals surface area contributed by atoms with Gasteiger partial charge in [-0.15, -0.1) is 20.0 Å². The minimum absolute atomic E-state index is 0.248. The Hall–Kier alpha value is -2.97. The van der Waals surface area contributed by atoms with Gasteiger partial charge in [0.25, 0.3) is 0 Å². The molecule has 0 bridgehead atoms. The van der Waals surface area contributed by atoms with Crippen LogP contribution in [0.4, 0.5) is 11.5 Å². The highest BCUT2D eigenvalue weighted by atomic mass is 16.5. The third-order valence-electron chi connectivity index (χ3n) is 4.87. The van der Waals surface area contributed by atoms with Crippen molar-refractivity contribution in [2.45, 2.75) is 66.3 Å². The molecule has 3 aromatic heterocycles. The number of rotatable bonds is 6. The molecule has 162 valence electrons. The second kappa shape index (κ2) is 8.04. The average molecular weight is 414 g/mol. The number of aryl methyl sites for hydroxylation is 2. The highest BCUT2D eigenvalue weighted by molar-refractivity contribution is 5.94. The predicted octanol–water partition coefficient (Wildman–Crippen LogP) is 4.90. The molecule has 0 aromatic carbocycles. The summed E-state index contributed by atoms with van der Waals surface area (Å²) in [5.41, 5.74) is 2.41. The highest BCUT2D eigenvalue weighted by Gasteiger charge is 2.29. The molecule has 0 radical (unpaired) electrons. The van der Waals surface area contributed by atoms with Gasteiger partial charge < -0.3 is 13.9 Å². The van der Waals surface area contributed by atoms with Crippen LogP contribution in [-0.4, -0.2) is 36.5 Å². The fourth-order valence-corrected chi connectivity index (χ4v) is 3.40. The van der Waals surface area contributed by atoms with Gasteiger partial charge in [-0.25, -0.2) is 4.79 Å². The van der Waals surface area contributed by atoms with E-state index in [0.717, 1.165) is 23.7 Å². The summed E-state index contributed by atoms with van der Waals surface area (Å²) in [7, 11) is 1.82. The van der Waals surface area contributed by atoms with E-state index < -0.39 is 5.97 Å². The van der Waals surface area contributed by atoms with Crippen LogP contribution in [0.1, 0.15) is 76.3 Å². The summed E-state index contributed by atoms with van der Waals surface area (Å²) in [5, 5.41) is 18.5. The molecule has 9 nitrogen and oxygen atoms in total. The van der Waals surface area contributed by atoms with Gasteiger partial charge >= 0.3 is 5.97 Å². The smallest absolute Gasteiger partial charge is 0.342 e. The molecule has 0 aliphatic carbocycles. The van der Waals surface area contributed by atoms with Crippen LogP contribution >= 0.6 is 0 Å². The van der Waals surface area contributed by atoms with Crippen LogP contribution < -0.4 is 0 Å². The Balaban J connectivity index is 2.20. The molecule has 0 amide bonds. The first-order chi connectivity index (χ1) is 14.1. The SMILES string of the molecule is CCOC(=O)c1ccn(C)c1N=Nc1c(C(C)(C)C)nn2nc(C(C)C)n(CC)c12. The molecule has 9 heteroatoms. The van der Waals surface area contributed by atoms with Crippen molar-refractivity contribution < 1.29 is 9.53 Å². The minimum Gasteiger partial charge on any atom is -0.462 e. The van der Waals surface area contributed by atoms with Crippen LogP contribution in [0.25, 0.3) is 5.65 Å². The number of esters is 1. The largest absolute Gasteiger partial charge is 0.462 e. The Kier molecular flexibility index (Phi) is 5.83. The summed E-state index contributed by atoms with van der Waals surface area (Å²) in [6, 6.07) is 1.69. The van der Waals surface area contributed by atoms with Crippen LogP contribution in [0.2, 0.25) is 0 Å². The maximum atomic E-state index is 12.3. The lowest BCUT2D eigenvalue weighted by molar-refractivity contribution is 0.0527. The summed E-state index contributed by atoms with van der Waals surface area (Å²) in [4.78, 5) is 12.3. The standard InChI is InChI=1S/C21H31N7O2/c1-9-27-17(13(3)4)25-28-19(27)15(16(24-28)21(5,6)7)22-23-18-14(11-12-26(18)8)20(29)30-10-2/h11-13H,9-10H2,1-8H3. The van der Waals surface area contributed by atoms with Gasteiger partial charge in [0.15, 0.2) is 17.2 Å². The molecule has 0 aliphatic heterocycles. The first-order valence-corrected chi connectivity index (χ1v) is 10.3. The van der Waals surface area contributed by atoms with Gasteiger partial charge in [0.05, 0.1) is 12.3 Å². The Morgan fingerprint density at radius 2 is 1.90 bits per heavy atom. The van der Waals surface area contributed by atoms with Gasteiger partial charge in [0, 0.05) is 31.1 Å². The van der Waals surface area contributed by atoms with Crippen molar-refractivity contribution in [2.75, 3.05) is 6.61 Å². The number of nitrogens with zero attached hydrogens (tertiary/aromatic N) is 7. The lowest BCUT2D eigenvalue weighted by atomic mass is 9.91. The fourth-order valence-electron chi connectivity index (χ4n) is 3.40. The average Bonchev–Trinajstić information content (AvgIpc) is 3.31. The van der Waals surface area contributed by atoms with Crippen molar-refractivity contribution >= 4 is 23.1 Å². The molecule has 3 heterocycles. The zero-order valence-electron chi connectivity index (χ0n) is 19.1. The molecule has 0 atom stereocenters. The third kappa shape index (κ3) is 3.76. The predicted molar refractivity (Wildman–Crippen MR) is 115 cm³/mol. The van der Waals surface area contributed by atoms with Gasteiger partial charge in [-0.05, 0) is 19.9 Å². The Morgan fingerprint density at radius 1 is 1.20 bits per heavy atom. The molecule has 0 N–H and O–H groups in total. The Morgan fingerprint density at radius 3 is 2.47 bits per heavy atom. The summed E-state index contributed by atoms with van der Waals surface area (Å²) in [5.74, 6) is 1.23. The summed E-state index contributed by atoms with van der Waals surface area (Å²) in [6.07, 6.45) is 1.77. The molecule has 0 aliphatic rings. The summed E-state index contributed by atoms with van der Waals surface area (Å²) >= 11 is 0. The van der Waals surface area contributed by atoms with E-state index in [-0.39, 0.29) is 11.3 Å². The van der Waals surface area contributed by atoms with E-state index >= 15 is 0 Å². The van der Waals surface area contributed by atoms with E-state index in [0.29, 0.717) is 23.7 Å². The zero-order chi connectivity index (χ0) is 22.2. The molecule has 30 heavy (non-hydrogen) atoms. The highest BCUT2D eigenvalue weighted by Crippen LogP contribution is 2.37. The molecule has 0 spiro atoms. The molecule has 3 rings (SSSR count). The molecular weight excluding hydrogens is 382 g/mol. The minimum atomic E-state index is -0.413. The quantitative estimate of drug-likeness (QED) is 0.424. The first kappa shape index (κ1) is 21.7. The first-order valence-electron chi connectivity index (χ1n) is 10.3. The van der Waals surface area contributed by atoms with E-state index in [9.17, 15) is 4.79 Å². The number of carbonyl (C=O) groups excluding carboxylic acids is 1. The number of hydrogen-bond acceptors (Lipinski definition) is 6. The number of fused-ring (bicyclic) bond motifs is 1. The zero-order valence-corrected chi connectivity index (χ0v) is 19.1. The van der Waals surface area contributed by atoms with Crippen molar-refractivity contribution in [1.82, 2.24) is 24.0 Å². The van der Waals surface area contributed by atoms with Crippen molar-refractivity contribution in [3.8, 4) is 0 Å². The molecule has 3 aromatic rings. The number of carbonyl (C=O) groups is 1. The summed E-state index contributed by atoms with van der Waals surface area (Å²) < 4.78 is 10.7. The maximum absolute atomic E-state index is 12.3. The molecule has 0 saturated carbocycles. The Bertz CT molecular complexity index is 1090. The van der Waals surface area contributed by atoms with Crippen LogP contribution in [-0.2, 0) is 23.7 Å². The van der Waals surface area contributed by atoms with E-state index in [1.807, 2.05) is 7.05 Å². The molecular formula is C21H31N7O2. The second-order valence-electron chi connectivity index (χ2n) is 8.60. The normalized spacial score (nSPS) is 12.6. The van der Waals surface area contributed by atoms with E-state index in [1.54, 1.807) is 28.4 Å². The van der Waals surface area contributed by atoms with Crippen LogP contribution in [0.3, 0.4) is 0 Å². The van der Waals surface area contributed by atoms with E-state index in [4.69, 9.17) is 14.9 Å². The third-order valence-corrected chi connectivity index (χ3v) is 4.87. The molecule has 0 saturated heterocycles. The van der Waals surface area contributed by atoms with Gasteiger partial charge in [0.2, 0.25) is 0 Å². The lowest BCUT2D eigenvalue weighted by Gasteiger charge is -2.16. The maximum Gasteiger partial charge on any atom is 0.342 e. The topological polar surface area (TPSA) is 91.1 Å². The van der Waals surface area contributed by atoms with Crippen molar-refractivity contribution in [3.63, 3.8) is 0 Å². The summed E-state index contributed by atoms with van der Waals surface area (Å²) in [6.45, 7) is 15.4. The van der Waals surface area contributed by atoms with Gasteiger partial charge in [-0.2, -0.15) is 5.10 Å². The lowest BCUT2D eigenvalue weighted by Crippen LogP contribution is -2.13. The Labute approximate surface area is 176 Å². The van der Waals surface area contributed by atoms with Gasteiger partial charge in [-0.1, -0.05) is 34.6 Å². The van der Waals surface area contributed by atoms with Gasteiger partial charge in [0.1, 0.15) is 11.4 Å². The number of ether oxygens (including phenoxy) is 1. The molecule has 0 unspecified atom stereocenters. The fraction of sp³-hybridized carbons (Fsp3) is 0.571. The molecule has 0 fully saturated rings. The van der Waals surface area contributed by atoms with Crippen molar-refractivity contribution in [2.24, 2.45) is 17.3 Å². The monoisotopic (exact) mass is 413 g/mol. The van der Waals surface area contributed by atoms with Crippen molar-refractivity contribution in [1.29, 1.82) is 0 Å². The van der Waals surface area contributed by atoms with E-state index in [2.05, 4.69) is 56.3 Å². The van der Waals surface area contributed by atoms with Gasteiger partial charge in [-0.3, -0.25) is 0 Å². The number of aromatic nitrogens is 5. The number of hydrogen-bond donors (Lipinski definition) is 0. The number of azo groups is 1. The van der Waals surface area contributed by atoms with Crippen LogP contribution in [0.5, 0.6) is 0 Å². The van der Waals surface area contributed by atoms with Crippen LogP contribution in [0, 0.1) is 0 Å². The van der Waals surface area contributed by atoms with Crippen LogP contribution in [0.15, 0.2) is 22.5 Å². The second-order valence-corrected chi connectivity index (χ2v) is 8.60. The van der Waals surface area contributed by atoms with E-state index in [1.165, 1.54) is 0 Å².